The van der Waals surface area contributed by atoms with Gasteiger partial charge in [-0.25, -0.2) is 0 Å². The van der Waals surface area contributed by atoms with E-state index in [9.17, 15) is 4.79 Å². The molecule has 15 heavy (non-hydrogen) atoms. The average Bonchev–Trinajstić information content (AvgIpc) is 2.24. The van der Waals surface area contributed by atoms with Gasteiger partial charge in [0.1, 0.15) is 0 Å². The minimum atomic E-state index is 0.214. The third-order valence-electron chi connectivity index (χ3n) is 2.41. The van der Waals surface area contributed by atoms with Gasteiger partial charge >= 0.3 is 0 Å². The number of carbonyl (C=O) groups is 1. The SMILES string of the molecule is CCCCCCNC(=O)CCCCCS. The first kappa shape index (κ1) is 14.8. The van der Waals surface area contributed by atoms with Crippen LogP contribution >= 0.6 is 12.6 Å². The van der Waals surface area contributed by atoms with Crippen LogP contribution in [-0.2, 0) is 4.79 Å². The smallest absolute Gasteiger partial charge is 0.219 e. The fourth-order valence-corrected chi connectivity index (χ4v) is 1.67. The Kier molecular flexibility index (Phi) is 11.7. The first-order valence-corrected chi connectivity index (χ1v) is 6.82. The summed E-state index contributed by atoms with van der Waals surface area (Å²) in [6, 6.07) is 0. The van der Waals surface area contributed by atoms with Gasteiger partial charge in [-0.3, -0.25) is 4.79 Å². The highest BCUT2D eigenvalue weighted by molar-refractivity contribution is 7.80. The first-order chi connectivity index (χ1) is 7.31. The Labute approximate surface area is 99.6 Å². The van der Waals surface area contributed by atoms with E-state index in [0.717, 1.165) is 38.0 Å². The lowest BCUT2D eigenvalue weighted by molar-refractivity contribution is -0.121. The molecule has 0 heterocycles. The fourth-order valence-electron chi connectivity index (χ4n) is 1.44. The summed E-state index contributed by atoms with van der Waals surface area (Å²) in [6.45, 7) is 3.05. The molecule has 0 bridgehead atoms. The summed E-state index contributed by atoms with van der Waals surface area (Å²) < 4.78 is 0. The first-order valence-electron chi connectivity index (χ1n) is 6.18. The summed E-state index contributed by atoms with van der Waals surface area (Å²) in [5.41, 5.74) is 0. The molecule has 0 saturated carbocycles. The van der Waals surface area contributed by atoms with Crippen LogP contribution < -0.4 is 5.32 Å². The molecule has 0 radical (unpaired) electrons. The Balaban J connectivity index is 3.11. The predicted molar refractivity (Wildman–Crippen MR) is 69.5 cm³/mol. The summed E-state index contributed by atoms with van der Waals surface area (Å²) in [4.78, 5) is 11.3. The molecule has 0 aliphatic carbocycles. The predicted octanol–water partition coefficient (Wildman–Crippen LogP) is 3.17. The number of nitrogens with one attached hydrogen (secondary N) is 1. The molecule has 3 heteroatoms. The quantitative estimate of drug-likeness (QED) is 0.439. The van der Waals surface area contributed by atoms with E-state index in [2.05, 4.69) is 24.9 Å². The highest BCUT2D eigenvalue weighted by atomic mass is 32.1. The zero-order chi connectivity index (χ0) is 11.4. The fraction of sp³-hybridized carbons (Fsp3) is 0.917. The maximum Gasteiger partial charge on any atom is 0.219 e. The van der Waals surface area contributed by atoms with Crippen molar-refractivity contribution in [3.8, 4) is 0 Å². The Morgan fingerprint density at radius 1 is 1.07 bits per heavy atom. The zero-order valence-electron chi connectivity index (χ0n) is 9.93. The molecule has 0 atom stereocenters. The second-order valence-electron chi connectivity index (χ2n) is 3.94. The van der Waals surface area contributed by atoms with Crippen molar-refractivity contribution in [3.05, 3.63) is 0 Å². The second-order valence-corrected chi connectivity index (χ2v) is 4.39. The molecular weight excluding hydrogens is 206 g/mol. The molecule has 0 aromatic carbocycles. The summed E-state index contributed by atoms with van der Waals surface area (Å²) >= 11 is 4.13. The summed E-state index contributed by atoms with van der Waals surface area (Å²) in [7, 11) is 0. The van der Waals surface area contributed by atoms with Gasteiger partial charge in [-0.1, -0.05) is 32.6 Å². The van der Waals surface area contributed by atoms with Crippen LogP contribution in [0.4, 0.5) is 0 Å². The number of hydrogen-bond donors (Lipinski definition) is 2. The number of unbranched alkanes of at least 4 members (excludes halogenated alkanes) is 5. The molecular formula is C12H25NOS. The van der Waals surface area contributed by atoms with Crippen LogP contribution in [0.15, 0.2) is 0 Å². The van der Waals surface area contributed by atoms with Crippen molar-refractivity contribution in [2.75, 3.05) is 12.3 Å². The van der Waals surface area contributed by atoms with Gasteiger partial charge in [-0.15, -0.1) is 0 Å². The van der Waals surface area contributed by atoms with E-state index in [1.54, 1.807) is 0 Å². The van der Waals surface area contributed by atoms with E-state index in [0.29, 0.717) is 6.42 Å². The van der Waals surface area contributed by atoms with Crippen LogP contribution in [0.3, 0.4) is 0 Å². The van der Waals surface area contributed by atoms with Gasteiger partial charge in [0.25, 0.3) is 0 Å². The van der Waals surface area contributed by atoms with E-state index in [1.807, 2.05) is 0 Å². The molecule has 1 N–H and O–H groups in total. The molecule has 0 rings (SSSR count). The van der Waals surface area contributed by atoms with E-state index < -0.39 is 0 Å². The lowest BCUT2D eigenvalue weighted by Gasteiger charge is -2.04. The molecule has 2 nitrogen and oxygen atoms in total. The van der Waals surface area contributed by atoms with E-state index in [4.69, 9.17) is 0 Å². The normalized spacial score (nSPS) is 10.3. The van der Waals surface area contributed by atoms with Gasteiger partial charge in [0, 0.05) is 13.0 Å². The zero-order valence-corrected chi connectivity index (χ0v) is 10.8. The van der Waals surface area contributed by atoms with Crippen molar-refractivity contribution in [3.63, 3.8) is 0 Å². The van der Waals surface area contributed by atoms with Crippen LogP contribution in [0.2, 0.25) is 0 Å². The molecule has 0 unspecified atom stereocenters. The molecule has 90 valence electrons. The van der Waals surface area contributed by atoms with Crippen molar-refractivity contribution in [2.45, 2.75) is 58.3 Å². The molecule has 1 amide bonds. The number of amides is 1. The van der Waals surface area contributed by atoms with Gasteiger partial charge in [-0.05, 0) is 25.0 Å². The summed E-state index contributed by atoms with van der Waals surface area (Å²) in [5, 5.41) is 2.96. The van der Waals surface area contributed by atoms with Gasteiger partial charge in [0.2, 0.25) is 5.91 Å². The van der Waals surface area contributed by atoms with Crippen LogP contribution in [0.5, 0.6) is 0 Å². The van der Waals surface area contributed by atoms with E-state index in [1.165, 1.54) is 19.3 Å². The van der Waals surface area contributed by atoms with Gasteiger partial charge in [-0.2, -0.15) is 12.6 Å². The monoisotopic (exact) mass is 231 g/mol. The summed E-state index contributed by atoms with van der Waals surface area (Å²) in [6.07, 6.45) is 8.80. The van der Waals surface area contributed by atoms with Gasteiger partial charge in [0.15, 0.2) is 0 Å². The minimum Gasteiger partial charge on any atom is -0.356 e. The van der Waals surface area contributed by atoms with E-state index >= 15 is 0 Å². The molecule has 0 fully saturated rings. The lowest BCUT2D eigenvalue weighted by atomic mass is 10.2. The number of carbonyl (C=O) groups excluding carboxylic acids is 1. The number of rotatable bonds is 10. The lowest BCUT2D eigenvalue weighted by Crippen LogP contribution is -2.23. The van der Waals surface area contributed by atoms with Crippen LogP contribution in [0.1, 0.15) is 58.3 Å². The standard InChI is InChI=1S/C12H25NOS/c1-2-3-4-7-10-13-12(14)9-6-5-8-11-15/h15H,2-11H2,1H3,(H,13,14). The molecule has 0 aliphatic rings. The van der Waals surface area contributed by atoms with Crippen LogP contribution in [0.25, 0.3) is 0 Å². The van der Waals surface area contributed by atoms with Crippen LogP contribution in [0, 0.1) is 0 Å². The Hall–Kier alpha value is -0.180. The number of thiol groups is 1. The van der Waals surface area contributed by atoms with Crippen molar-refractivity contribution < 1.29 is 4.79 Å². The van der Waals surface area contributed by atoms with Crippen molar-refractivity contribution in [1.29, 1.82) is 0 Å². The van der Waals surface area contributed by atoms with Crippen molar-refractivity contribution in [2.24, 2.45) is 0 Å². The topological polar surface area (TPSA) is 29.1 Å². The Morgan fingerprint density at radius 3 is 2.47 bits per heavy atom. The van der Waals surface area contributed by atoms with Gasteiger partial charge in [0.05, 0.1) is 0 Å². The molecule has 0 aromatic rings. The Bertz CT molecular complexity index is 151. The maximum absolute atomic E-state index is 11.3. The average molecular weight is 231 g/mol. The minimum absolute atomic E-state index is 0.214. The highest BCUT2D eigenvalue weighted by Gasteiger charge is 1.99. The highest BCUT2D eigenvalue weighted by Crippen LogP contribution is 2.01. The van der Waals surface area contributed by atoms with Crippen molar-refractivity contribution >= 4 is 18.5 Å². The molecule has 0 aromatic heterocycles. The van der Waals surface area contributed by atoms with Gasteiger partial charge < -0.3 is 5.32 Å². The van der Waals surface area contributed by atoms with Crippen LogP contribution in [-0.4, -0.2) is 18.2 Å². The summed E-state index contributed by atoms with van der Waals surface area (Å²) in [5.74, 6) is 1.14. The third kappa shape index (κ3) is 11.7. The van der Waals surface area contributed by atoms with Crippen molar-refractivity contribution in [1.82, 2.24) is 5.32 Å². The number of hydrogen-bond acceptors (Lipinski definition) is 2. The molecule has 0 saturated heterocycles. The largest absolute Gasteiger partial charge is 0.356 e. The molecule has 0 spiro atoms. The Morgan fingerprint density at radius 2 is 1.80 bits per heavy atom. The second kappa shape index (κ2) is 11.9. The maximum atomic E-state index is 11.3. The molecule has 0 aliphatic heterocycles. The third-order valence-corrected chi connectivity index (χ3v) is 2.73. The van der Waals surface area contributed by atoms with E-state index in [-0.39, 0.29) is 5.91 Å².